The maximum Gasteiger partial charge on any atom is 0.407 e. The maximum atomic E-state index is 11.8. The summed E-state index contributed by atoms with van der Waals surface area (Å²) in [7, 11) is 0. The van der Waals surface area contributed by atoms with Gasteiger partial charge in [-0.25, -0.2) is 4.79 Å². The number of nitrogens with two attached hydrogens (primary N) is 1. The predicted octanol–water partition coefficient (Wildman–Crippen LogP) is 1.66. The Hall–Kier alpha value is -0.810. The summed E-state index contributed by atoms with van der Waals surface area (Å²) in [4.78, 5) is 11.8. The van der Waals surface area contributed by atoms with Crippen molar-refractivity contribution < 1.29 is 14.3 Å². The first-order valence-electron chi connectivity index (χ1n) is 6.54. The number of rotatable bonds is 3. The highest BCUT2D eigenvalue weighted by molar-refractivity contribution is 5.68. The third-order valence-electron chi connectivity index (χ3n) is 3.40. The molecule has 0 aliphatic carbocycles. The number of ether oxygens (including phenoxy) is 2. The van der Waals surface area contributed by atoms with Gasteiger partial charge < -0.3 is 20.5 Å². The van der Waals surface area contributed by atoms with Gasteiger partial charge in [0.1, 0.15) is 5.60 Å². The van der Waals surface area contributed by atoms with Crippen LogP contribution in [0.1, 0.15) is 40.5 Å². The first kappa shape index (κ1) is 15.2. The van der Waals surface area contributed by atoms with Crippen LogP contribution in [0, 0.1) is 5.41 Å². The lowest BCUT2D eigenvalue weighted by molar-refractivity contribution is -0.000434. The van der Waals surface area contributed by atoms with Gasteiger partial charge in [0.05, 0.1) is 0 Å². The van der Waals surface area contributed by atoms with Gasteiger partial charge in [-0.2, -0.15) is 0 Å². The van der Waals surface area contributed by atoms with Crippen LogP contribution in [0.3, 0.4) is 0 Å². The minimum atomic E-state index is -0.486. The van der Waals surface area contributed by atoms with Crippen LogP contribution >= 0.6 is 0 Å². The molecule has 106 valence electrons. The molecule has 0 bridgehead atoms. The molecule has 0 aromatic rings. The molecule has 1 aliphatic heterocycles. The van der Waals surface area contributed by atoms with E-state index in [2.05, 4.69) is 12.2 Å². The van der Waals surface area contributed by atoms with Gasteiger partial charge in [-0.1, -0.05) is 6.92 Å². The normalized spacial score (nSPS) is 21.2. The molecular weight excluding hydrogens is 232 g/mol. The topological polar surface area (TPSA) is 73.6 Å². The number of amides is 1. The number of alkyl carbamates (subject to hydrolysis) is 1. The molecular formula is C13H26N2O3. The lowest BCUT2D eigenvalue weighted by atomic mass is 9.75. The average molecular weight is 258 g/mol. The van der Waals surface area contributed by atoms with Gasteiger partial charge in [0.25, 0.3) is 0 Å². The van der Waals surface area contributed by atoms with E-state index >= 15 is 0 Å². The van der Waals surface area contributed by atoms with Crippen LogP contribution in [0.15, 0.2) is 0 Å². The molecule has 0 radical (unpaired) electrons. The van der Waals surface area contributed by atoms with E-state index in [1.807, 2.05) is 20.8 Å². The lowest BCUT2D eigenvalue weighted by Crippen LogP contribution is -2.53. The zero-order valence-electron chi connectivity index (χ0n) is 11.9. The van der Waals surface area contributed by atoms with Gasteiger partial charge in [-0.3, -0.25) is 0 Å². The molecule has 1 fully saturated rings. The molecule has 1 amide bonds. The van der Waals surface area contributed by atoms with Crippen LogP contribution in [0.4, 0.5) is 4.79 Å². The van der Waals surface area contributed by atoms with Crippen LogP contribution in [-0.2, 0) is 9.47 Å². The molecule has 1 heterocycles. The van der Waals surface area contributed by atoms with Gasteiger partial charge in [0.2, 0.25) is 0 Å². The summed E-state index contributed by atoms with van der Waals surface area (Å²) < 4.78 is 10.6. The highest BCUT2D eigenvalue weighted by Crippen LogP contribution is 2.33. The monoisotopic (exact) mass is 258 g/mol. The van der Waals surface area contributed by atoms with E-state index in [1.165, 1.54) is 0 Å². The lowest BCUT2D eigenvalue weighted by Gasteiger charge is -2.40. The van der Waals surface area contributed by atoms with Crippen molar-refractivity contribution >= 4 is 6.09 Å². The first-order valence-corrected chi connectivity index (χ1v) is 6.54. The van der Waals surface area contributed by atoms with Crippen molar-refractivity contribution in [2.75, 3.05) is 19.8 Å². The van der Waals surface area contributed by atoms with E-state index in [1.54, 1.807) is 0 Å². The zero-order valence-corrected chi connectivity index (χ0v) is 11.9. The molecule has 5 nitrogen and oxygen atoms in total. The Kier molecular flexibility index (Phi) is 4.99. The van der Waals surface area contributed by atoms with Crippen molar-refractivity contribution in [2.45, 2.75) is 52.2 Å². The van der Waals surface area contributed by atoms with Crippen LogP contribution in [0.5, 0.6) is 0 Å². The van der Waals surface area contributed by atoms with Crippen molar-refractivity contribution in [1.29, 1.82) is 0 Å². The Morgan fingerprint density at radius 1 is 1.44 bits per heavy atom. The standard InChI is InChI=1S/C13H26N2O3/c1-12(2,3)18-11(16)15-10(9-14)13(4)5-7-17-8-6-13/h10H,5-9,14H2,1-4H3,(H,15,16). The van der Waals surface area contributed by atoms with Crippen molar-refractivity contribution in [3.63, 3.8) is 0 Å². The average Bonchev–Trinajstić information content (AvgIpc) is 2.24. The Labute approximate surface area is 109 Å². The molecule has 0 saturated carbocycles. The predicted molar refractivity (Wildman–Crippen MR) is 70.4 cm³/mol. The van der Waals surface area contributed by atoms with Gasteiger partial charge in [-0.05, 0) is 39.0 Å². The largest absolute Gasteiger partial charge is 0.444 e. The fourth-order valence-corrected chi connectivity index (χ4v) is 2.15. The fourth-order valence-electron chi connectivity index (χ4n) is 2.15. The number of carbonyl (C=O) groups is 1. The molecule has 0 aromatic heterocycles. The second-order valence-electron chi connectivity index (χ2n) is 6.20. The Balaban J connectivity index is 2.58. The van der Waals surface area contributed by atoms with E-state index < -0.39 is 11.7 Å². The zero-order chi connectivity index (χ0) is 13.8. The molecule has 1 atom stereocenters. The summed E-state index contributed by atoms with van der Waals surface area (Å²) in [5.74, 6) is 0. The molecule has 18 heavy (non-hydrogen) atoms. The molecule has 0 aromatic carbocycles. The van der Waals surface area contributed by atoms with Crippen molar-refractivity contribution in [3.05, 3.63) is 0 Å². The smallest absolute Gasteiger partial charge is 0.407 e. The first-order chi connectivity index (χ1) is 8.27. The summed E-state index contributed by atoms with van der Waals surface area (Å²) in [6.07, 6.45) is 1.42. The second kappa shape index (κ2) is 5.89. The minimum Gasteiger partial charge on any atom is -0.444 e. The van der Waals surface area contributed by atoms with Gasteiger partial charge in [-0.15, -0.1) is 0 Å². The number of nitrogens with one attached hydrogen (secondary N) is 1. The molecule has 3 N–H and O–H groups in total. The van der Waals surface area contributed by atoms with E-state index in [9.17, 15) is 4.79 Å². The van der Waals surface area contributed by atoms with Gasteiger partial charge >= 0.3 is 6.09 Å². The van der Waals surface area contributed by atoms with Gasteiger partial charge in [0, 0.05) is 25.8 Å². The summed E-state index contributed by atoms with van der Waals surface area (Å²) >= 11 is 0. The Morgan fingerprint density at radius 3 is 2.44 bits per heavy atom. The molecule has 1 aliphatic rings. The third kappa shape index (κ3) is 4.46. The van der Waals surface area contributed by atoms with E-state index in [0.29, 0.717) is 6.54 Å². The molecule has 5 heteroatoms. The van der Waals surface area contributed by atoms with Crippen LogP contribution < -0.4 is 11.1 Å². The summed E-state index contributed by atoms with van der Waals surface area (Å²) in [5, 5.41) is 2.89. The second-order valence-corrected chi connectivity index (χ2v) is 6.20. The Morgan fingerprint density at radius 2 is 2.00 bits per heavy atom. The van der Waals surface area contributed by atoms with Gasteiger partial charge in [0.15, 0.2) is 0 Å². The van der Waals surface area contributed by atoms with E-state index in [0.717, 1.165) is 26.1 Å². The summed E-state index contributed by atoms with van der Waals surface area (Å²) in [6, 6.07) is -0.0729. The van der Waals surface area contributed by atoms with E-state index in [4.69, 9.17) is 15.2 Å². The van der Waals surface area contributed by atoms with Crippen LogP contribution in [0.25, 0.3) is 0 Å². The summed E-state index contributed by atoms with van der Waals surface area (Å²) in [5.41, 5.74) is 5.29. The maximum absolute atomic E-state index is 11.8. The van der Waals surface area contributed by atoms with Crippen molar-refractivity contribution in [1.82, 2.24) is 5.32 Å². The molecule has 1 unspecified atom stereocenters. The summed E-state index contributed by atoms with van der Waals surface area (Å²) in [6.45, 7) is 9.55. The number of hydrogen-bond donors (Lipinski definition) is 2. The van der Waals surface area contributed by atoms with Crippen molar-refractivity contribution in [2.24, 2.45) is 11.1 Å². The fraction of sp³-hybridized carbons (Fsp3) is 0.923. The highest BCUT2D eigenvalue weighted by atomic mass is 16.6. The third-order valence-corrected chi connectivity index (χ3v) is 3.40. The van der Waals surface area contributed by atoms with Crippen molar-refractivity contribution in [3.8, 4) is 0 Å². The molecule has 0 spiro atoms. The highest BCUT2D eigenvalue weighted by Gasteiger charge is 2.36. The SMILES string of the molecule is CC(C)(C)OC(=O)NC(CN)C1(C)CCOCC1. The minimum absolute atomic E-state index is 0.0100. The number of carbonyl (C=O) groups excluding carboxylic acids is 1. The number of hydrogen-bond acceptors (Lipinski definition) is 4. The van der Waals surface area contributed by atoms with Crippen LogP contribution in [-0.4, -0.2) is 37.5 Å². The molecule has 1 rings (SSSR count). The quantitative estimate of drug-likeness (QED) is 0.807. The Bertz CT molecular complexity index is 280. The molecule has 1 saturated heterocycles. The van der Waals surface area contributed by atoms with Crippen LogP contribution in [0.2, 0.25) is 0 Å². The van der Waals surface area contributed by atoms with E-state index in [-0.39, 0.29) is 11.5 Å².